The van der Waals surface area contributed by atoms with Crippen LogP contribution < -0.4 is 10.2 Å². The molecule has 0 bridgehead atoms. The molecule has 0 spiro atoms. The second-order valence-corrected chi connectivity index (χ2v) is 7.03. The van der Waals surface area contributed by atoms with Crippen molar-refractivity contribution in [3.05, 3.63) is 59.9 Å². The summed E-state index contributed by atoms with van der Waals surface area (Å²) in [6.45, 7) is 3.06. The van der Waals surface area contributed by atoms with Crippen LogP contribution in [0, 0.1) is 5.82 Å². The molecular formula is C22H22FN3O4. The summed E-state index contributed by atoms with van der Waals surface area (Å²) >= 11 is 0. The molecule has 156 valence electrons. The minimum Gasteiger partial charge on any atom is -0.326 e. The Morgan fingerprint density at radius 2 is 1.67 bits per heavy atom. The van der Waals surface area contributed by atoms with Gasteiger partial charge < -0.3 is 5.32 Å². The van der Waals surface area contributed by atoms with E-state index in [-0.39, 0.29) is 5.91 Å². The van der Waals surface area contributed by atoms with E-state index in [0.29, 0.717) is 23.4 Å². The van der Waals surface area contributed by atoms with Gasteiger partial charge in [0.25, 0.3) is 5.91 Å². The summed E-state index contributed by atoms with van der Waals surface area (Å²) in [4.78, 5) is 51.7. The lowest BCUT2D eigenvalue weighted by molar-refractivity contribution is -0.126. The number of urea groups is 1. The second-order valence-electron chi connectivity index (χ2n) is 7.03. The zero-order valence-corrected chi connectivity index (χ0v) is 16.7. The fraction of sp³-hybridized carbons (Fsp3) is 0.273. The highest BCUT2D eigenvalue weighted by molar-refractivity contribution is 6.16. The first-order valence-corrected chi connectivity index (χ1v) is 9.65. The van der Waals surface area contributed by atoms with Gasteiger partial charge in [0.1, 0.15) is 11.9 Å². The number of carbonyl (C=O) groups excluding carboxylic acids is 4. The average Bonchev–Trinajstić information content (AvgIpc) is 2.93. The van der Waals surface area contributed by atoms with Crippen LogP contribution in [0.25, 0.3) is 0 Å². The summed E-state index contributed by atoms with van der Waals surface area (Å²) in [6.07, 6.45) is 1.14. The summed E-state index contributed by atoms with van der Waals surface area (Å²) < 4.78 is 13.2. The number of amides is 4. The molecule has 1 aliphatic heterocycles. The molecule has 3 rings (SSSR count). The molecule has 0 aromatic heterocycles. The number of nitrogens with one attached hydrogen (secondary N) is 1. The Bertz CT molecular complexity index is 973. The maximum Gasteiger partial charge on any atom is 0.332 e. The van der Waals surface area contributed by atoms with Crippen LogP contribution in [0.3, 0.4) is 0 Å². The highest BCUT2D eigenvalue weighted by Gasteiger charge is 2.44. The lowest BCUT2D eigenvalue weighted by Crippen LogP contribution is -2.37. The Labute approximate surface area is 173 Å². The maximum atomic E-state index is 13.2. The van der Waals surface area contributed by atoms with Gasteiger partial charge >= 0.3 is 6.03 Å². The number of hydrogen-bond acceptors (Lipinski definition) is 4. The molecule has 8 heteroatoms. The van der Waals surface area contributed by atoms with Gasteiger partial charge in [-0.25, -0.2) is 9.18 Å². The molecule has 4 amide bonds. The van der Waals surface area contributed by atoms with Crippen LogP contribution in [0.2, 0.25) is 0 Å². The van der Waals surface area contributed by atoms with E-state index in [4.69, 9.17) is 0 Å². The molecule has 30 heavy (non-hydrogen) atoms. The topological polar surface area (TPSA) is 86.8 Å². The maximum absolute atomic E-state index is 13.2. The van der Waals surface area contributed by atoms with Crippen LogP contribution in [0.4, 0.5) is 20.6 Å². The van der Waals surface area contributed by atoms with Gasteiger partial charge in [0.05, 0.1) is 6.54 Å². The van der Waals surface area contributed by atoms with Crippen LogP contribution >= 0.6 is 0 Å². The molecule has 1 fully saturated rings. The quantitative estimate of drug-likeness (QED) is 0.557. The van der Waals surface area contributed by atoms with Crippen LogP contribution in [0.5, 0.6) is 0 Å². The van der Waals surface area contributed by atoms with Crippen LogP contribution in [0.15, 0.2) is 48.5 Å². The van der Waals surface area contributed by atoms with Crippen molar-refractivity contribution >= 4 is 35.0 Å². The van der Waals surface area contributed by atoms with Gasteiger partial charge in [0, 0.05) is 23.4 Å². The third-order valence-corrected chi connectivity index (χ3v) is 4.82. The van der Waals surface area contributed by atoms with Crippen molar-refractivity contribution in [2.24, 2.45) is 0 Å². The van der Waals surface area contributed by atoms with E-state index in [9.17, 15) is 23.6 Å². The first-order chi connectivity index (χ1) is 14.3. The number of Topliss-reactive ketones (excluding diaryl/α,β-unsaturated/α-hetero) is 1. The van der Waals surface area contributed by atoms with Crippen molar-refractivity contribution in [1.29, 1.82) is 0 Å². The SMILES string of the molecule is CCCC(=O)Nc1ccc(C(=O)CN2C(=O)C(C)N(c3ccc(F)cc3)C2=O)cc1. The molecule has 0 radical (unpaired) electrons. The third-order valence-electron chi connectivity index (χ3n) is 4.82. The van der Waals surface area contributed by atoms with Gasteiger partial charge in [-0.3, -0.25) is 24.2 Å². The van der Waals surface area contributed by atoms with Gasteiger partial charge in [-0.05, 0) is 61.9 Å². The minimum atomic E-state index is -0.799. The highest BCUT2D eigenvalue weighted by atomic mass is 19.1. The fourth-order valence-electron chi connectivity index (χ4n) is 3.23. The largest absolute Gasteiger partial charge is 0.332 e. The van der Waals surface area contributed by atoms with Crippen LogP contribution in [-0.4, -0.2) is 41.1 Å². The summed E-state index contributed by atoms with van der Waals surface area (Å²) in [5, 5.41) is 2.73. The predicted molar refractivity (Wildman–Crippen MR) is 110 cm³/mol. The molecular weight excluding hydrogens is 389 g/mol. The number of carbonyl (C=O) groups is 4. The lowest BCUT2D eigenvalue weighted by atomic mass is 10.1. The van der Waals surface area contributed by atoms with Gasteiger partial charge in [-0.15, -0.1) is 0 Å². The van der Waals surface area contributed by atoms with Crippen LogP contribution in [0.1, 0.15) is 37.0 Å². The Kier molecular flexibility index (Phi) is 6.25. The third kappa shape index (κ3) is 4.37. The summed E-state index contributed by atoms with van der Waals surface area (Å²) in [7, 11) is 0. The van der Waals surface area contributed by atoms with E-state index < -0.39 is 36.1 Å². The number of imide groups is 1. The normalized spacial score (nSPS) is 16.2. The zero-order valence-electron chi connectivity index (χ0n) is 16.7. The van der Waals surface area contributed by atoms with Crippen molar-refractivity contribution in [2.45, 2.75) is 32.7 Å². The molecule has 2 aromatic carbocycles. The first kappa shape index (κ1) is 21.2. The number of hydrogen-bond donors (Lipinski definition) is 1. The lowest BCUT2D eigenvalue weighted by Gasteiger charge is -2.19. The monoisotopic (exact) mass is 411 g/mol. The highest BCUT2D eigenvalue weighted by Crippen LogP contribution is 2.26. The number of ketones is 1. The number of benzene rings is 2. The summed E-state index contributed by atoms with van der Waals surface area (Å²) in [5.74, 6) is -1.47. The van der Waals surface area contributed by atoms with Gasteiger partial charge in [-0.1, -0.05) is 6.92 Å². The molecule has 2 aromatic rings. The fourth-order valence-corrected chi connectivity index (χ4v) is 3.23. The van der Waals surface area contributed by atoms with E-state index in [1.807, 2.05) is 6.92 Å². The first-order valence-electron chi connectivity index (χ1n) is 9.65. The van der Waals surface area contributed by atoms with Gasteiger partial charge in [-0.2, -0.15) is 0 Å². The molecule has 1 unspecified atom stereocenters. The Morgan fingerprint density at radius 1 is 1.03 bits per heavy atom. The molecule has 1 aliphatic rings. The van der Waals surface area contributed by atoms with E-state index in [1.54, 1.807) is 19.1 Å². The molecule has 0 aliphatic carbocycles. The molecule has 1 heterocycles. The van der Waals surface area contributed by atoms with Crippen molar-refractivity contribution < 1.29 is 23.6 Å². The molecule has 1 saturated heterocycles. The average molecular weight is 411 g/mol. The van der Waals surface area contributed by atoms with Gasteiger partial charge in [0.15, 0.2) is 5.78 Å². The van der Waals surface area contributed by atoms with E-state index >= 15 is 0 Å². The summed E-state index contributed by atoms with van der Waals surface area (Å²) in [5.41, 5.74) is 1.26. The van der Waals surface area contributed by atoms with Crippen molar-refractivity contribution in [3.63, 3.8) is 0 Å². The van der Waals surface area contributed by atoms with E-state index in [0.717, 1.165) is 11.3 Å². The number of anilines is 2. The Morgan fingerprint density at radius 3 is 2.27 bits per heavy atom. The smallest absolute Gasteiger partial charge is 0.326 e. The van der Waals surface area contributed by atoms with Crippen LogP contribution in [-0.2, 0) is 9.59 Å². The van der Waals surface area contributed by atoms with Crippen molar-refractivity contribution in [2.75, 3.05) is 16.8 Å². The molecule has 7 nitrogen and oxygen atoms in total. The van der Waals surface area contributed by atoms with Crippen molar-refractivity contribution in [1.82, 2.24) is 4.90 Å². The van der Waals surface area contributed by atoms with Gasteiger partial charge in [0.2, 0.25) is 5.91 Å². The minimum absolute atomic E-state index is 0.111. The van der Waals surface area contributed by atoms with Crippen molar-refractivity contribution in [3.8, 4) is 0 Å². The Balaban J connectivity index is 1.70. The molecule has 1 atom stereocenters. The standard InChI is InChI=1S/C22H22FN3O4/c1-3-4-20(28)24-17-9-5-15(6-10-17)19(27)13-25-21(29)14(2)26(22(25)30)18-11-7-16(23)8-12-18/h5-12,14H,3-4,13H2,1-2H3,(H,24,28). The second kappa shape index (κ2) is 8.86. The molecule has 0 saturated carbocycles. The van der Waals surface area contributed by atoms with E-state index in [1.165, 1.54) is 41.3 Å². The number of halogens is 1. The predicted octanol–water partition coefficient (Wildman–Crippen LogP) is 3.60. The number of nitrogens with zero attached hydrogens (tertiary/aromatic N) is 2. The summed E-state index contributed by atoms with van der Waals surface area (Å²) in [6, 6.07) is 10.1. The van der Waals surface area contributed by atoms with E-state index in [2.05, 4.69) is 5.32 Å². The number of rotatable bonds is 7. The Hall–Kier alpha value is -3.55. The zero-order chi connectivity index (χ0) is 21.8. The molecule has 1 N–H and O–H groups in total.